The molecule has 2 rings (SSSR count). The number of phenols is 1. The van der Waals surface area contributed by atoms with Crippen molar-refractivity contribution in [1.29, 1.82) is 0 Å². The summed E-state index contributed by atoms with van der Waals surface area (Å²) in [7, 11) is 0. The smallest absolute Gasteiger partial charge is 0.420 e. The third-order valence-electron chi connectivity index (χ3n) is 3.42. The van der Waals surface area contributed by atoms with Gasteiger partial charge in [-0.1, -0.05) is 15.9 Å². The number of rotatable bonds is 6. The van der Waals surface area contributed by atoms with Crippen LogP contribution in [0.25, 0.3) is 0 Å². The largest absolute Gasteiger partial charge is 0.506 e. The van der Waals surface area contributed by atoms with Crippen LogP contribution in [0.4, 0.5) is 36.4 Å². The summed E-state index contributed by atoms with van der Waals surface area (Å²) in [6.45, 7) is -1.92. The van der Waals surface area contributed by atoms with Gasteiger partial charge >= 0.3 is 18.5 Å². The predicted molar refractivity (Wildman–Crippen MR) is 98.7 cm³/mol. The highest BCUT2D eigenvalue weighted by Gasteiger charge is 2.43. The molecular weight excluding hydrogens is 543 g/mol. The summed E-state index contributed by atoms with van der Waals surface area (Å²) in [4.78, 5) is 3.82. The average Bonchev–Trinajstić information content (AvgIpc) is 2.61. The molecule has 1 N–H and O–H groups in total. The molecule has 158 valence electrons. The highest BCUT2D eigenvalue weighted by molar-refractivity contribution is 9.11. The molecule has 0 amide bonds. The number of hydrogen-bond acceptors (Lipinski definition) is 3. The first-order valence-electron chi connectivity index (χ1n) is 7.53. The zero-order valence-corrected chi connectivity index (χ0v) is 17.1. The average molecular weight is 553 g/mol. The van der Waals surface area contributed by atoms with Crippen LogP contribution in [0.15, 0.2) is 44.3 Å². The first-order valence-corrected chi connectivity index (χ1v) is 9.12. The molecule has 0 aliphatic carbocycles. The van der Waals surface area contributed by atoms with E-state index in [2.05, 4.69) is 41.6 Å². The van der Waals surface area contributed by atoms with Gasteiger partial charge in [0, 0.05) is 16.3 Å². The lowest BCUT2D eigenvalue weighted by molar-refractivity contribution is -0.153. The summed E-state index contributed by atoms with van der Waals surface area (Å²) in [5.41, 5.74) is -1.52. The lowest BCUT2D eigenvalue weighted by Gasteiger charge is -2.19. The van der Waals surface area contributed by atoms with Crippen molar-refractivity contribution < 1.29 is 40.6 Å². The third-order valence-corrected chi connectivity index (χ3v) is 4.48. The minimum atomic E-state index is -5.01. The number of aliphatic imine (C=N–C) groups is 1. The van der Waals surface area contributed by atoms with Crippen LogP contribution in [-0.2, 0) is 6.18 Å². The fourth-order valence-electron chi connectivity index (χ4n) is 2.01. The number of hydrogen-bond donors (Lipinski definition) is 1. The number of nitrogens with zero attached hydrogens (tertiary/aromatic N) is 1. The fraction of sp³-hybridized carbons (Fsp3) is 0.235. The van der Waals surface area contributed by atoms with Gasteiger partial charge in [0.15, 0.2) is 6.61 Å². The Morgan fingerprint density at radius 1 is 1.07 bits per heavy atom. The maximum absolute atomic E-state index is 13.2. The van der Waals surface area contributed by atoms with E-state index in [-0.39, 0.29) is 17.0 Å². The van der Waals surface area contributed by atoms with E-state index in [4.69, 9.17) is 0 Å². The van der Waals surface area contributed by atoms with E-state index in [9.17, 15) is 35.8 Å². The number of ether oxygens (including phenoxy) is 1. The van der Waals surface area contributed by atoms with E-state index < -0.39 is 36.4 Å². The van der Waals surface area contributed by atoms with Gasteiger partial charge in [-0.15, -0.1) is 0 Å². The molecule has 0 fully saturated rings. The first kappa shape index (κ1) is 23.5. The van der Waals surface area contributed by atoms with Crippen molar-refractivity contribution >= 4 is 43.8 Å². The van der Waals surface area contributed by atoms with Crippen LogP contribution >= 0.6 is 31.9 Å². The zero-order chi connectivity index (χ0) is 22.0. The van der Waals surface area contributed by atoms with E-state index >= 15 is 0 Å². The van der Waals surface area contributed by atoms with Crippen LogP contribution in [-0.4, -0.2) is 30.3 Å². The molecule has 0 aliphatic rings. The van der Waals surface area contributed by atoms with E-state index in [1.807, 2.05) is 0 Å². The van der Waals surface area contributed by atoms with Crippen LogP contribution in [0.5, 0.6) is 11.5 Å². The van der Waals surface area contributed by atoms with Crippen molar-refractivity contribution in [3.8, 4) is 11.5 Å². The Kier molecular flexibility index (Phi) is 7.20. The third kappa shape index (κ3) is 6.08. The van der Waals surface area contributed by atoms with Crippen LogP contribution in [0.1, 0.15) is 11.1 Å². The summed E-state index contributed by atoms with van der Waals surface area (Å²) in [6.07, 6.45) is -8.01. The zero-order valence-electron chi connectivity index (χ0n) is 14.0. The van der Waals surface area contributed by atoms with Gasteiger partial charge < -0.3 is 9.84 Å². The van der Waals surface area contributed by atoms with Crippen molar-refractivity contribution in [3.63, 3.8) is 0 Å². The molecule has 12 heteroatoms. The molecule has 0 spiro atoms. The number of halogens is 9. The fourth-order valence-corrected chi connectivity index (χ4v) is 3.27. The lowest BCUT2D eigenvalue weighted by atomic mass is 10.1. The second-order valence-electron chi connectivity index (χ2n) is 5.61. The summed E-state index contributed by atoms with van der Waals surface area (Å²) >= 11 is 6.27. The second kappa shape index (κ2) is 8.90. The SMILES string of the molecule is Oc1c(Br)cc(Br)cc1C=Nc1ccc(OCC(F)(F)C(F)F)c(C(F)(F)F)c1. The van der Waals surface area contributed by atoms with Gasteiger partial charge in [0.25, 0.3) is 0 Å². The monoisotopic (exact) mass is 551 g/mol. The lowest BCUT2D eigenvalue weighted by Crippen LogP contribution is -2.34. The van der Waals surface area contributed by atoms with Crippen LogP contribution in [0, 0.1) is 0 Å². The number of phenolic OH excluding ortho intramolecular Hbond substituents is 1. The second-order valence-corrected chi connectivity index (χ2v) is 7.38. The number of benzene rings is 2. The van der Waals surface area contributed by atoms with Crippen molar-refractivity contribution in [2.45, 2.75) is 18.5 Å². The van der Waals surface area contributed by atoms with Gasteiger partial charge in [0.05, 0.1) is 15.7 Å². The Morgan fingerprint density at radius 2 is 1.72 bits per heavy atom. The van der Waals surface area contributed by atoms with Gasteiger partial charge in [-0.25, -0.2) is 8.78 Å². The van der Waals surface area contributed by atoms with E-state index in [0.717, 1.165) is 12.3 Å². The van der Waals surface area contributed by atoms with Crippen molar-refractivity contribution in [2.24, 2.45) is 4.99 Å². The van der Waals surface area contributed by atoms with Crippen LogP contribution in [0.3, 0.4) is 0 Å². The number of alkyl halides is 7. The Balaban J connectivity index is 2.34. The van der Waals surface area contributed by atoms with Gasteiger partial charge in [-0.05, 0) is 46.3 Å². The van der Waals surface area contributed by atoms with Gasteiger partial charge in [0.2, 0.25) is 0 Å². The summed E-state index contributed by atoms with van der Waals surface area (Å²) in [5.74, 6) is -5.85. The van der Waals surface area contributed by atoms with Crippen LogP contribution in [0.2, 0.25) is 0 Å². The topological polar surface area (TPSA) is 41.8 Å². The molecule has 0 saturated heterocycles. The molecule has 29 heavy (non-hydrogen) atoms. The maximum Gasteiger partial charge on any atom is 0.420 e. The van der Waals surface area contributed by atoms with E-state index in [1.54, 1.807) is 0 Å². The molecule has 0 saturated carbocycles. The highest BCUT2D eigenvalue weighted by atomic mass is 79.9. The standard InChI is InChI=1S/C17H10Br2F7NO2/c18-9-3-8(14(28)12(19)4-9)6-27-10-1-2-13(11(5-10)17(24,25)26)29-7-16(22,23)15(20)21/h1-6,15,28H,7H2. The van der Waals surface area contributed by atoms with Crippen molar-refractivity contribution in [1.82, 2.24) is 0 Å². The van der Waals surface area contributed by atoms with E-state index in [0.29, 0.717) is 21.1 Å². The summed E-state index contributed by atoms with van der Waals surface area (Å²) in [5, 5.41) is 9.93. The predicted octanol–water partition coefficient (Wildman–Crippen LogP) is 6.97. The molecule has 0 heterocycles. The van der Waals surface area contributed by atoms with Crippen molar-refractivity contribution in [3.05, 3.63) is 50.4 Å². The summed E-state index contributed by atoms with van der Waals surface area (Å²) in [6, 6.07) is 5.23. The molecule has 0 atom stereocenters. The van der Waals surface area contributed by atoms with Gasteiger partial charge in [0.1, 0.15) is 11.5 Å². The maximum atomic E-state index is 13.2. The van der Waals surface area contributed by atoms with Gasteiger partial charge in [-0.3, -0.25) is 4.99 Å². The minimum Gasteiger partial charge on any atom is -0.506 e. The molecular formula is C17H10Br2F7NO2. The van der Waals surface area contributed by atoms with Gasteiger partial charge in [-0.2, -0.15) is 22.0 Å². The van der Waals surface area contributed by atoms with Crippen LogP contribution < -0.4 is 4.74 Å². The van der Waals surface area contributed by atoms with Crippen molar-refractivity contribution in [2.75, 3.05) is 6.61 Å². The quantitative estimate of drug-likeness (QED) is 0.311. The minimum absolute atomic E-state index is 0.178. The highest BCUT2D eigenvalue weighted by Crippen LogP contribution is 2.39. The normalized spacial score (nSPS) is 12.8. The van der Waals surface area contributed by atoms with E-state index in [1.165, 1.54) is 12.1 Å². The molecule has 0 aromatic heterocycles. The Bertz CT molecular complexity index is 917. The molecule has 0 unspecified atom stereocenters. The molecule has 0 radical (unpaired) electrons. The molecule has 2 aromatic carbocycles. The Labute approximate surface area is 176 Å². The molecule has 0 aliphatic heterocycles. The summed E-state index contributed by atoms with van der Waals surface area (Å²) < 4.78 is 95.0. The molecule has 3 nitrogen and oxygen atoms in total. The Morgan fingerprint density at radius 3 is 2.31 bits per heavy atom. The number of aromatic hydroxyl groups is 1. The molecule has 2 aromatic rings. The molecule has 0 bridgehead atoms. The Hall–Kier alpha value is -1.82. The first-order chi connectivity index (χ1) is 13.3.